The van der Waals surface area contributed by atoms with Crippen molar-refractivity contribution in [3.05, 3.63) is 22.8 Å². The normalized spacial score (nSPS) is 22.2. The molecule has 0 spiro atoms. The minimum Gasteiger partial charge on any atom is -0.295 e. The van der Waals surface area contributed by atoms with E-state index in [0.717, 1.165) is 62.5 Å². The smallest absolute Gasteiger partial charge is 0.158 e. The standard InChI is InChI=1S/2C10H16O/c1-3-8-5-6-10(11)9(4-2)7-8;1-3-8-6-5-7-10(11)9(8)4-2/h7-8H,3-6H2,1-2H3;3-7H2,1-2H3. The Kier molecular flexibility index (Phi) is 8.37. The molecule has 0 aromatic carbocycles. The summed E-state index contributed by atoms with van der Waals surface area (Å²) in [5.41, 5.74) is 3.59. The molecule has 0 saturated heterocycles. The fourth-order valence-corrected chi connectivity index (χ4v) is 3.37. The predicted octanol–water partition coefficient (Wildman–Crippen LogP) is 5.57. The van der Waals surface area contributed by atoms with Crippen molar-refractivity contribution < 1.29 is 9.59 Å². The average molecular weight is 304 g/mol. The van der Waals surface area contributed by atoms with E-state index < -0.39 is 0 Å². The summed E-state index contributed by atoms with van der Waals surface area (Å²) >= 11 is 0. The molecule has 0 amide bonds. The lowest BCUT2D eigenvalue weighted by atomic mass is 9.87. The Hall–Kier alpha value is -1.18. The molecule has 2 aliphatic rings. The summed E-state index contributed by atoms with van der Waals surface area (Å²) in [4.78, 5) is 22.6. The molecule has 0 saturated carbocycles. The second-order valence-electron chi connectivity index (χ2n) is 6.24. The summed E-state index contributed by atoms with van der Waals surface area (Å²) in [5.74, 6) is 1.44. The van der Waals surface area contributed by atoms with Gasteiger partial charge < -0.3 is 0 Å². The van der Waals surface area contributed by atoms with Crippen molar-refractivity contribution in [3.63, 3.8) is 0 Å². The zero-order valence-corrected chi connectivity index (χ0v) is 14.8. The molecule has 0 N–H and O–H groups in total. The van der Waals surface area contributed by atoms with Gasteiger partial charge in [-0.05, 0) is 62.0 Å². The highest BCUT2D eigenvalue weighted by molar-refractivity contribution is 5.97. The van der Waals surface area contributed by atoms with Crippen LogP contribution in [0.5, 0.6) is 0 Å². The number of hydrogen-bond acceptors (Lipinski definition) is 2. The molecule has 0 heterocycles. The third-order valence-electron chi connectivity index (χ3n) is 4.87. The molecule has 2 rings (SSSR count). The minimum absolute atomic E-state index is 0.372. The van der Waals surface area contributed by atoms with E-state index in [-0.39, 0.29) is 0 Å². The van der Waals surface area contributed by atoms with Gasteiger partial charge in [-0.2, -0.15) is 0 Å². The Bertz CT molecular complexity index is 454. The van der Waals surface area contributed by atoms with Crippen LogP contribution in [0.15, 0.2) is 22.8 Å². The first-order valence-electron chi connectivity index (χ1n) is 9.05. The van der Waals surface area contributed by atoms with Gasteiger partial charge in [-0.15, -0.1) is 0 Å². The number of rotatable bonds is 4. The van der Waals surface area contributed by atoms with Crippen molar-refractivity contribution >= 4 is 11.6 Å². The fraction of sp³-hybridized carbons (Fsp3) is 0.700. The Morgan fingerprint density at radius 2 is 1.64 bits per heavy atom. The molecule has 1 atom stereocenters. The maximum Gasteiger partial charge on any atom is 0.158 e. The molecule has 1 unspecified atom stereocenters. The van der Waals surface area contributed by atoms with E-state index in [0.29, 0.717) is 17.5 Å². The van der Waals surface area contributed by atoms with E-state index in [1.165, 1.54) is 12.0 Å². The van der Waals surface area contributed by atoms with Gasteiger partial charge in [-0.3, -0.25) is 9.59 Å². The lowest BCUT2D eigenvalue weighted by Gasteiger charge is -2.17. The van der Waals surface area contributed by atoms with E-state index in [9.17, 15) is 9.59 Å². The Morgan fingerprint density at radius 3 is 2.14 bits per heavy atom. The van der Waals surface area contributed by atoms with E-state index in [1.807, 2.05) is 0 Å². The van der Waals surface area contributed by atoms with Gasteiger partial charge in [0.2, 0.25) is 0 Å². The molecular weight excluding hydrogens is 272 g/mol. The van der Waals surface area contributed by atoms with Gasteiger partial charge >= 0.3 is 0 Å². The van der Waals surface area contributed by atoms with Crippen molar-refractivity contribution in [1.29, 1.82) is 0 Å². The molecule has 0 aliphatic heterocycles. The first-order valence-corrected chi connectivity index (χ1v) is 9.05. The molecule has 2 nitrogen and oxygen atoms in total. The van der Waals surface area contributed by atoms with Crippen molar-refractivity contribution in [1.82, 2.24) is 0 Å². The molecule has 0 bridgehead atoms. The van der Waals surface area contributed by atoms with Gasteiger partial charge in [0.1, 0.15) is 0 Å². The summed E-state index contributed by atoms with van der Waals surface area (Å²) in [5, 5.41) is 0. The first-order chi connectivity index (χ1) is 10.6. The number of Topliss-reactive ketones (excluding diaryl/α,β-unsaturated/α-hetero) is 2. The molecule has 124 valence electrons. The predicted molar refractivity (Wildman–Crippen MR) is 92.9 cm³/mol. The van der Waals surface area contributed by atoms with Crippen LogP contribution in [0.4, 0.5) is 0 Å². The first kappa shape index (κ1) is 18.9. The zero-order chi connectivity index (χ0) is 16.5. The van der Waals surface area contributed by atoms with E-state index >= 15 is 0 Å². The third kappa shape index (κ3) is 5.23. The summed E-state index contributed by atoms with van der Waals surface area (Å²) in [6.45, 7) is 8.46. The number of carbonyl (C=O) groups is 2. The molecule has 0 aromatic heterocycles. The largest absolute Gasteiger partial charge is 0.295 e. The van der Waals surface area contributed by atoms with Gasteiger partial charge in [0.15, 0.2) is 11.6 Å². The summed E-state index contributed by atoms with van der Waals surface area (Å²) < 4.78 is 0. The number of ketones is 2. The lowest BCUT2D eigenvalue weighted by molar-refractivity contribution is -0.117. The molecule has 2 heteroatoms. The molecule has 0 radical (unpaired) electrons. The molecular formula is C20H32O2. The van der Waals surface area contributed by atoms with Crippen LogP contribution in [-0.4, -0.2) is 11.6 Å². The van der Waals surface area contributed by atoms with Gasteiger partial charge in [0.25, 0.3) is 0 Å². The number of carbonyl (C=O) groups excluding carboxylic acids is 2. The van der Waals surface area contributed by atoms with Crippen LogP contribution in [-0.2, 0) is 9.59 Å². The topological polar surface area (TPSA) is 34.1 Å². The van der Waals surface area contributed by atoms with Crippen LogP contribution in [0.25, 0.3) is 0 Å². The van der Waals surface area contributed by atoms with E-state index in [2.05, 4.69) is 33.8 Å². The lowest BCUT2D eigenvalue weighted by Crippen LogP contribution is -2.12. The average Bonchev–Trinajstić information content (AvgIpc) is 2.55. The highest BCUT2D eigenvalue weighted by Gasteiger charge is 2.17. The fourth-order valence-electron chi connectivity index (χ4n) is 3.37. The number of allylic oxidation sites excluding steroid dienone is 4. The van der Waals surface area contributed by atoms with Crippen molar-refractivity contribution in [3.8, 4) is 0 Å². The Labute approximate surface area is 136 Å². The number of hydrogen-bond donors (Lipinski definition) is 0. The maximum absolute atomic E-state index is 11.3. The zero-order valence-electron chi connectivity index (χ0n) is 14.8. The van der Waals surface area contributed by atoms with Gasteiger partial charge in [0, 0.05) is 12.8 Å². The van der Waals surface area contributed by atoms with E-state index in [1.54, 1.807) is 0 Å². The molecule has 2 aliphatic carbocycles. The molecule has 0 fully saturated rings. The van der Waals surface area contributed by atoms with Crippen molar-refractivity contribution in [2.45, 2.75) is 85.5 Å². The second kappa shape index (κ2) is 9.76. The van der Waals surface area contributed by atoms with Crippen LogP contribution >= 0.6 is 0 Å². The molecule has 0 aromatic rings. The van der Waals surface area contributed by atoms with Crippen LogP contribution in [0.1, 0.15) is 85.5 Å². The minimum atomic E-state index is 0.372. The van der Waals surface area contributed by atoms with Gasteiger partial charge in [0.05, 0.1) is 0 Å². The highest BCUT2D eigenvalue weighted by Crippen LogP contribution is 2.26. The molecule has 22 heavy (non-hydrogen) atoms. The quantitative estimate of drug-likeness (QED) is 0.680. The Balaban J connectivity index is 0.000000220. The monoisotopic (exact) mass is 304 g/mol. The maximum atomic E-state index is 11.3. The van der Waals surface area contributed by atoms with Gasteiger partial charge in [-0.1, -0.05) is 39.3 Å². The van der Waals surface area contributed by atoms with Crippen molar-refractivity contribution in [2.24, 2.45) is 5.92 Å². The van der Waals surface area contributed by atoms with Crippen LogP contribution in [0.3, 0.4) is 0 Å². The van der Waals surface area contributed by atoms with E-state index in [4.69, 9.17) is 0 Å². The Morgan fingerprint density at radius 1 is 0.909 bits per heavy atom. The van der Waals surface area contributed by atoms with Crippen molar-refractivity contribution in [2.75, 3.05) is 0 Å². The second-order valence-corrected chi connectivity index (χ2v) is 6.24. The summed E-state index contributed by atoms with van der Waals surface area (Å²) in [7, 11) is 0. The summed E-state index contributed by atoms with van der Waals surface area (Å²) in [6, 6.07) is 0. The van der Waals surface area contributed by atoms with Gasteiger partial charge in [-0.25, -0.2) is 0 Å². The summed E-state index contributed by atoms with van der Waals surface area (Å²) in [6.07, 6.45) is 11.1. The van der Waals surface area contributed by atoms with Crippen LogP contribution in [0, 0.1) is 5.92 Å². The van der Waals surface area contributed by atoms with Crippen LogP contribution in [0.2, 0.25) is 0 Å². The third-order valence-corrected chi connectivity index (χ3v) is 4.87. The SMILES string of the molecule is CCC1=C(CC)C(=O)CCC1.CCC1=CC(CC)CCC1=O. The van der Waals surface area contributed by atoms with Crippen LogP contribution < -0.4 is 0 Å². The highest BCUT2D eigenvalue weighted by atomic mass is 16.1.